The van der Waals surface area contributed by atoms with Crippen LogP contribution < -0.4 is 0 Å². The fourth-order valence-electron chi connectivity index (χ4n) is 2.81. The Morgan fingerprint density at radius 3 is 1.91 bits per heavy atom. The number of rotatable bonds is 4. The molecule has 0 unspecified atom stereocenters. The average Bonchev–Trinajstić information content (AvgIpc) is 2.86. The van der Waals surface area contributed by atoms with Crippen LogP contribution >= 0.6 is 0 Å². The second-order valence-electron chi connectivity index (χ2n) is 6.00. The lowest BCUT2D eigenvalue weighted by Crippen LogP contribution is -2.01. The van der Waals surface area contributed by atoms with E-state index in [-0.39, 0.29) is 5.88 Å². The number of aromatic nitrogens is 2. The van der Waals surface area contributed by atoms with Crippen LogP contribution in [0.25, 0.3) is 22.4 Å². The number of hydrogen-bond donors (Lipinski definition) is 1. The minimum atomic E-state index is 0.0953. The molecule has 0 saturated heterocycles. The predicted molar refractivity (Wildman–Crippen MR) is 94.5 cm³/mol. The van der Waals surface area contributed by atoms with Crippen molar-refractivity contribution >= 4 is 0 Å². The van der Waals surface area contributed by atoms with Gasteiger partial charge in [0, 0.05) is 12.1 Å². The van der Waals surface area contributed by atoms with Crippen molar-refractivity contribution in [2.45, 2.75) is 33.7 Å². The van der Waals surface area contributed by atoms with Gasteiger partial charge >= 0.3 is 0 Å². The van der Waals surface area contributed by atoms with E-state index in [1.165, 1.54) is 11.1 Å². The Bertz CT molecular complexity index is 799. The predicted octanol–water partition coefficient (Wildman–Crippen LogP) is 4.95. The Hall–Kier alpha value is -2.55. The van der Waals surface area contributed by atoms with Gasteiger partial charge in [0.25, 0.3) is 0 Å². The highest BCUT2D eigenvalue weighted by atomic mass is 16.3. The van der Waals surface area contributed by atoms with Gasteiger partial charge in [-0.05, 0) is 25.8 Å². The first-order valence-electron chi connectivity index (χ1n) is 8.04. The monoisotopic (exact) mass is 306 g/mol. The molecule has 3 nitrogen and oxygen atoms in total. The molecule has 0 aliphatic carbocycles. The van der Waals surface area contributed by atoms with Gasteiger partial charge in [0.1, 0.15) is 0 Å². The zero-order chi connectivity index (χ0) is 16.4. The molecule has 1 aromatic heterocycles. The number of nitrogens with zero attached hydrogens (tertiary/aromatic N) is 2. The number of aryl methyl sites for hydroxylation is 3. The highest BCUT2D eigenvalue weighted by Crippen LogP contribution is 2.38. The molecule has 0 bridgehead atoms. The molecular weight excluding hydrogens is 284 g/mol. The topological polar surface area (TPSA) is 38.0 Å². The highest BCUT2D eigenvalue weighted by Gasteiger charge is 2.20. The molecule has 2 aromatic carbocycles. The molecule has 3 heteroatoms. The quantitative estimate of drug-likeness (QED) is 0.740. The molecule has 118 valence electrons. The molecule has 3 rings (SSSR count). The standard InChI is InChI=1S/C20H22N2O/c1-4-13-22-19(17-11-7-15(3)8-12-17)18(20(23)21-22)16-9-5-14(2)6-10-16/h5-12H,4,13H2,1-3H3,(H,21,23). The van der Waals surface area contributed by atoms with E-state index in [0.29, 0.717) is 0 Å². The normalized spacial score (nSPS) is 10.9. The van der Waals surface area contributed by atoms with Crippen LogP contribution in [0, 0.1) is 13.8 Å². The summed E-state index contributed by atoms with van der Waals surface area (Å²) in [5.41, 5.74) is 6.27. The number of hydrogen-bond acceptors (Lipinski definition) is 2. The SMILES string of the molecule is CCCn1nc(O)c(-c2ccc(C)cc2)c1-c1ccc(C)cc1. The van der Waals surface area contributed by atoms with Crippen LogP contribution in [-0.4, -0.2) is 14.9 Å². The molecule has 0 saturated carbocycles. The van der Waals surface area contributed by atoms with Crippen molar-refractivity contribution in [2.75, 3.05) is 0 Å². The van der Waals surface area contributed by atoms with E-state index in [4.69, 9.17) is 0 Å². The maximum absolute atomic E-state index is 10.4. The van der Waals surface area contributed by atoms with Gasteiger partial charge in [-0.3, -0.25) is 4.68 Å². The molecule has 1 N–H and O–H groups in total. The zero-order valence-corrected chi connectivity index (χ0v) is 13.9. The first-order valence-corrected chi connectivity index (χ1v) is 8.04. The molecule has 3 aromatic rings. The lowest BCUT2D eigenvalue weighted by molar-refractivity contribution is 0.438. The van der Waals surface area contributed by atoms with E-state index in [2.05, 4.69) is 62.3 Å². The van der Waals surface area contributed by atoms with Crippen LogP contribution in [0.1, 0.15) is 24.5 Å². The van der Waals surface area contributed by atoms with Crippen molar-refractivity contribution in [3.05, 3.63) is 59.7 Å². The summed E-state index contributed by atoms with van der Waals surface area (Å²) < 4.78 is 1.91. The molecule has 23 heavy (non-hydrogen) atoms. The first-order chi connectivity index (χ1) is 11.1. The van der Waals surface area contributed by atoms with E-state index < -0.39 is 0 Å². The number of aromatic hydroxyl groups is 1. The van der Waals surface area contributed by atoms with Gasteiger partial charge in [-0.25, -0.2) is 0 Å². The van der Waals surface area contributed by atoms with Crippen molar-refractivity contribution in [1.29, 1.82) is 0 Å². The molecule has 0 spiro atoms. The van der Waals surface area contributed by atoms with Crippen molar-refractivity contribution in [3.63, 3.8) is 0 Å². The van der Waals surface area contributed by atoms with Crippen molar-refractivity contribution in [1.82, 2.24) is 9.78 Å². The summed E-state index contributed by atoms with van der Waals surface area (Å²) in [6.07, 6.45) is 0.966. The zero-order valence-electron chi connectivity index (χ0n) is 13.9. The molecule has 0 atom stereocenters. The molecule has 0 amide bonds. The van der Waals surface area contributed by atoms with Crippen LogP contribution in [0.15, 0.2) is 48.5 Å². The van der Waals surface area contributed by atoms with Gasteiger partial charge < -0.3 is 5.11 Å². The Balaban J connectivity index is 2.22. The van der Waals surface area contributed by atoms with Gasteiger partial charge in [-0.15, -0.1) is 5.10 Å². The van der Waals surface area contributed by atoms with Crippen LogP contribution in [0.2, 0.25) is 0 Å². The Labute approximate surface area is 137 Å². The smallest absolute Gasteiger partial charge is 0.238 e. The Morgan fingerprint density at radius 2 is 1.39 bits per heavy atom. The van der Waals surface area contributed by atoms with Crippen molar-refractivity contribution in [2.24, 2.45) is 0 Å². The van der Waals surface area contributed by atoms with Crippen LogP contribution in [0.3, 0.4) is 0 Å². The lowest BCUT2D eigenvalue weighted by Gasteiger charge is -2.10. The molecule has 0 aliphatic heterocycles. The molecule has 0 fully saturated rings. The fraction of sp³-hybridized carbons (Fsp3) is 0.250. The first kappa shape index (κ1) is 15.3. The maximum atomic E-state index is 10.4. The van der Waals surface area contributed by atoms with Gasteiger partial charge in [-0.2, -0.15) is 0 Å². The van der Waals surface area contributed by atoms with E-state index in [9.17, 15) is 5.11 Å². The summed E-state index contributed by atoms with van der Waals surface area (Å²) in [5.74, 6) is 0.0953. The number of benzene rings is 2. The summed E-state index contributed by atoms with van der Waals surface area (Å²) in [4.78, 5) is 0. The van der Waals surface area contributed by atoms with Gasteiger partial charge in [0.05, 0.1) is 11.3 Å². The van der Waals surface area contributed by atoms with Gasteiger partial charge in [-0.1, -0.05) is 66.6 Å². The Morgan fingerprint density at radius 1 is 0.870 bits per heavy atom. The van der Waals surface area contributed by atoms with Crippen LogP contribution in [-0.2, 0) is 6.54 Å². The molecule has 0 radical (unpaired) electrons. The molecule has 1 heterocycles. The summed E-state index contributed by atoms with van der Waals surface area (Å²) in [7, 11) is 0. The average molecular weight is 306 g/mol. The summed E-state index contributed by atoms with van der Waals surface area (Å²) in [6.45, 7) is 7.03. The third-order valence-corrected chi connectivity index (χ3v) is 4.03. The minimum Gasteiger partial charge on any atom is -0.492 e. The summed E-state index contributed by atoms with van der Waals surface area (Å²) >= 11 is 0. The van der Waals surface area contributed by atoms with Crippen LogP contribution in [0.4, 0.5) is 0 Å². The largest absolute Gasteiger partial charge is 0.492 e. The third kappa shape index (κ3) is 3.00. The maximum Gasteiger partial charge on any atom is 0.238 e. The molecule has 0 aliphatic rings. The highest BCUT2D eigenvalue weighted by molar-refractivity contribution is 5.84. The minimum absolute atomic E-state index is 0.0953. The fourth-order valence-corrected chi connectivity index (χ4v) is 2.81. The lowest BCUT2D eigenvalue weighted by atomic mass is 9.99. The van der Waals surface area contributed by atoms with E-state index >= 15 is 0 Å². The van der Waals surface area contributed by atoms with Crippen LogP contribution in [0.5, 0.6) is 5.88 Å². The van der Waals surface area contributed by atoms with Crippen molar-refractivity contribution in [3.8, 4) is 28.3 Å². The van der Waals surface area contributed by atoms with E-state index in [1.807, 2.05) is 16.8 Å². The van der Waals surface area contributed by atoms with Gasteiger partial charge in [0.15, 0.2) is 0 Å². The Kier molecular flexibility index (Phi) is 4.20. The summed E-state index contributed by atoms with van der Waals surface area (Å²) in [6, 6.07) is 16.6. The third-order valence-electron chi connectivity index (χ3n) is 4.03. The van der Waals surface area contributed by atoms with E-state index in [1.54, 1.807) is 0 Å². The second kappa shape index (κ2) is 6.29. The van der Waals surface area contributed by atoms with Gasteiger partial charge in [0.2, 0.25) is 5.88 Å². The van der Waals surface area contributed by atoms with Crippen molar-refractivity contribution < 1.29 is 5.11 Å². The molecular formula is C20H22N2O. The second-order valence-corrected chi connectivity index (χ2v) is 6.00. The van der Waals surface area contributed by atoms with E-state index in [0.717, 1.165) is 35.3 Å². The summed E-state index contributed by atoms with van der Waals surface area (Å²) in [5, 5.41) is 14.8.